The van der Waals surface area contributed by atoms with Crippen LogP contribution in [-0.4, -0.2) is 18.1 Å². The summed E-state index contributed by atoms with van der Waals surface area (Å²) in [4.78, 5) is 12.0. The molecule has 31 heavy (non-hydrogen) atoms. The molecule has 0 amide bonds. The zero-order valence-corrected chi connectivity index (χ0v) is 16.2. The molecule has 2 aromatic carbocycles. The van der Waals surface area contributed by atoms with E-state index in [1.807, 2.05) is 0 Å². The van der Waals surface area contributed by atoms with Crippen LogP contribution in [0.5, 0.6) is 0 Å². The number of carbonyl (C=O) groups is 1. The zero-order chi connectivity index (χ0) is 22.9. The number of hydrogen-bond acceptors (Lipinski definition) is 1. The van der Waals surface area contributed by atoms with Gasteiger partial charge in [0.15, 0.2) is 5.78 Å². The second-order valence-electron chi connectivity index (χ2n) is 7.85. The van der Waals surface area contributed by atoms with Gasteiger partial charge in [0.1, 0.15) is 0 Å². The Balaban J connectivity index is 2.06. The molecule has 7 heteroatoms. The average molecular weight is 434 g/mol. The molecule has 0 N–H and O–H groups in total. The quantitative estimate of drug-likeness (QED) is 0.460. The number of ketones is 1. The van der Waals surface area contributed by atoms with Gasteiger partial charge in [-0.25, -0.2) is 0 Å². The van der Waals surface area contributed by atoms with Gasteiger partial charge in [0.25, 0.3) is 0 Å². The number of carbonyl (C=O) groups excluding carboxylic acids is 1. The van der Waals surface area contributed by atoms with E-state index in [9.17, 15) is 31.1 Å². The molecule has 2 aromatic rings. The van der Waals surface area contributed by atoms with Crippen LogP contribution in [-0.2, 0) is 5.41 Å². The van der Waals surface area contributed by atoms with Gasteiger partial charge in [-0.2, -0.15) is 26.3 Å². The lowest BCUT2D eigenvalue weighted by Crippen LogP contribution is -2.54. The van der Waals surface area contributed by atoms with Crippen LogP contribution in [0, 0.1) is 0 Å². The molecule has 2 aliphatic rings. The van der Waals surface area contributed by atoms with Crippen molar-refractivity contribution in [2.24, 2.45) is 0 Å². The Bertz CT molecular complexity index is 1090. The maximum absolute atomic E-state index is 14.4. The van der Waals surface area contributed by atoms with E-state index in [-0.39, 0.29) is 40.9 Å². The molecule has 0 radical (unpaired) electrons. The smallest absolute Gasteiger partial charge is 0.294 e. The van der Waals surface area contributed by atoms with Crippen LogP contribution in [0.4, 0.5) is 26.3 Å². The number of fused-ring (bicyclic) bond motifs is 2. The Hall–Kier alpha value is -3.09. The molecule has 160 valence electrons. The highest BCUT2D eigenvalue weighted by Gasteiger charge is 2.72. The van der Waals surface area contributed by atoms with Crippen molar-refractivity contribution < 1.29 is 31.1 Å². The molecule has 0 saturated carbocycles. The van der Waals surface area contributed by atoms with E-state index in [0.29, 0.717) is 16.7 Å². The number of allylic oxidation sites excluding steroid dienone is 3. The first kappa shape index (κ1) is 21.2. The summed E-state index contributed by atoms with van der Waals surface area (Å²) in [6.07, 6.45) is -11.3. The fraction of sp³-hybridized carbons (Fsp3) is 0.208. The maximum atomic E-state index is 14.4. The molecular weight excluding hydrogens is 418 g/mol. The molecule has 0 saturated heterocycles. The first-order valence-electron chi connectivity index (χ1n) is 9.29. The second-order valence-corrected chi connectivity index (χ2v) is 7.85. The SMILES string of the molecule is C=C1CC(=C)c2cc(C(c3ccc4c(c3)C(=C)CC4=O)(C(F)(F)F)C(F)(F)F)ccc21. The lowest BCUT2D eigenvalue weighted by atomic mass is 9.71. The van der Waals surface area contributed by atoms with Crippen LogP contribution in [0.25, 0.3) is 16.7 Å². The van der Waals surface area contributed by atoms with Crippen molar-refractivity contribution in [1.29, 1.82) is 0 Å². The monoisotopic (exact) mass is 434 g/mol. The summed E-state index contributed by atoms with van der Waals surface area (Å²) >= 11 is 0. The number of rotatable bonds is 2. The Labute approximate surface area is 174 Å². The van der Waals surface area contributed by atoms with Gasteiger partial charge in [-0.3, -0.25) is 4.79 Å². The van der Waals surface area contributed by atoms with Crippen LogP contribution in [0.1, 0.15) is 51.0 Å². The molecule has 0 bridgehead atoms. The van der Waals surface area contributed by atoms with Crippen molar-refractivity contribution >= 4 is 22.5 Å². The van der Waals surface area contributed by atoms with Gasteiger partial charge in [0, 0.05) is 12.0 Å². The van der Waals surface area contributed by atoms with Gasteiger partial charge in [-0.05, 0) is 63.1 Å². The van der Waals surface area contributed by atoms with Gasteiger partial charge >= 0.3 is 12.4 Å². The topological polar surface area (TPSA) is 17.1 Å². The third-order valence-electron chi connectivity index (χ3n) is 6.00. The van der Waals surface area contributed by atoms with Crippen molar-refractivity contribution in [2.45, 2.75) is 30.6 Å². The van der Waals surface area contributed by atoms with Crippen molar-refractivity contribution in [3.63, 3.8) is 0 Å². The molecule has 1 nitrogen and oxygen atoms in total. The summed E-state index contributed by atoms with van der Waals surface area (Å²) < 4.78 is 86.7. The van der Waals surface area contributed by atoms with E-state index in [1.165, 1.54) is 6.07 Å². The lowest BCUT2D eigenvalue weighted by Gasteiger charge is -2.38. The van der Waals surface area contributed by atoms with E-state index in [1.54, 1.807) is 0 Å². The van der Waals surface area contributed by atoms with Crippen LogP contribution in [0.3, 0.4) is 0 Å². The zero-order valence-electron chi connectivity index (χ0n) is 16.2. The molecule has 0 spiro atoms. The van der Waals surface area contributed by atoms with Gasteiger partial charge in [-0.1, -0.05) is 44.0 Å². The third kappa shape index (κ3) is 2.82. The average Bonchev–Trinajstić information content (AvgIpc) is 3.09. The Morgan fingerprint density at radius 3 is 1.55 bits per heavy atom. The molecule has 2 aliphatic carbocycles. The van der Waals surface area contributed by atoms with E-state index < -0.39 is 28.9 Å². The van der Waals surface area contributed by atoms with Crippen molar-refractivity contribution in [3.8, 4) is 0 Å². The molecule has 0 fully saturated rings. The Kier molecular flexibility index (Phi) is 4.40. The molecular formula is C24H16F6O. The number of alkyl halides is 6. The number of benzene rings is 2. The summed E-state index contributed by atoms with van der Waals surface area (Å²) in [5.74, 6) is -0.386. The van der Waals surface area contributed by atoms with E-state index >= 15 is 0 Å². The minimum absolute atomic E-state index is 0.0133. The maximum Gasteiger partial charge on any atom is 0.411 e. The third-order valence-corrected chi connectivity index (χ3v) is 6.00. The summed E-state index contributed by atoms with van der Waals surface area (Å²) in [7, 11) is 0. The Morgan fingerprint density at radius 1 is 0.613 bits per heavy atom. The molecule has 0 heterocycles. The molecule has 0 aromatic heterocycles. The largest absolute Gasteiger partial charge is 0.411 e. The van der Waals surface area contributed by atoms with Gasteiger partial charge in [0.2, 0.25) is 5.41 Å². The van der Waals surface area contributed by atoms with Crippen LogP contribution in [0.15, 0.2) is 56.1 Å². The van der Waals surface area contributed by atoms with Gasteiger partial charge in [0.05, 0.1) is 0 Å². The van der Waals surface area contributed by atoms with Crippen LogP contribution in [0.2, 0.25) is 0 Å². The highest BCUT2D eigenvalue weighted by molar-refractivity contribution is 6.11. The van der Waals surface area contributed by atoms with E-state index in [2.05, 4.69) is 19.7 Å². The summed E-state index contributed by atoms with van der Waals surface area (Å²) in [6.45, 7) is 11.2. The summed E-state index contributed by atoms with van der Waals surface area (Å²) in [5, 5.41) is 0. The van der Waals surface area contributed by atoms with Crippen molar-refractivity contribution in [3.05, 3.63) is 89.5 Å². The fourth-order valence-electron chi connectivity index (χ4n) is 4.51. The van der Waals surface area contributed by atoms with Gasteiger partial charge < -0.3 is 0 Å². The van der Waals surface area contributed by atoms with Crippen LogP contribution < -0.4 is 0 Å². The number of Topliss-reactive ketones (excluding diaryl/α,β-unsaturated/α-hetero) is 1. The van der Waals surface area contributed by atoms with Crippen LogP contribution >= 0.6 is 0 Å². The van der Waals surface area contributed by atoms with Crippen molar-refractivity contribution in [2.75, 3.05) is 0 Å². The normalized spacial score (nSPS) is 16.7. The summed E-state index contributed by atoms with van der Waals surface area (Å²) in [5.41, 5.74) is -4.28. The predicted molar refractivity (Wildman–Crippen MR) is 106 cm³/mol. The van der Waals surface area contributed by atoms with Gasteiger partial charge in [-0.15, -0.1) is 0 Å². The second kappa shape index (κ2) is 6.45. The minimum Gasteiger partial charge on any atom is -0.294 e. The molecule has 0 unspecified atom stereocenters. The first-order valence-corrected chi connectivity index (χ1v) is 9.29. The first-order chi connectivity index (χ1) is 14.3. The minimum atomic E-state index is -5.71. The fourth-order valence-corrected chi connectivity index (χ4v) is 4.51. The highest BCUT2D eigenvalue weighted by atomic mass is 19.4. The Morgan fingerprint density at radius 2 is 1.03 bits per heavy atom. The predicted octanol–water partition coefficient (Wildman–Crippen LogP) is 7.13. The van der Waals surface area contributed by atoms with E-state index in [0.717, 1.165) is 30.3 Å². The van der Waals surface area contributed by atoms with E-state index in [4.69, 9.17) is 0 Å². The molecule has 0 atom stereocenters. The lowest BCUT2D eigenvalue weighted by molar-refractivity contribution is -0.288. The molecule has 0 aliphatic heterocycles. The number of halogens is 6. The summed E-state index contributed by atoms with van der Waals surface area (Å²) in [6, 6.07) is 5.53. The standard InChI is InChI=1S/C24H16F6O/c1-12-8-13(2)19-10-15(4-6-17(12)19)22(23(25,26)27,24(28,29)30)16-5-7-18-20(11-16)14(3)9-21(18)31/h4-7,10-11H,1-3,8-9H2. The molecule has 4 rings (SSSR count). The number of hydrogen-bond donors (Lipinski definition) is 0. The van der Waals surface area contributed by atoms with Crippen molar-refractivity contribution in [1.82, 2.24) is 0 Å². The highest BCUT2D eigenvalue weighted by Crippen LogP contribution is 2.57.